The van der Waals surface area contributed by atoms with Crippen LogP contribution < -0.4 is 0 Å². The molecular formula is C26H50O4. The summed E-state index contributed by atoms with van der Waals surface area (Å²) in [6, 6.07) is 0. The van der Waals surface area contributed by atoms with Gasteiger partial charge in [-0.25, -0.2) is 0 Å². The van der Waals surface area contributed by atoms with Gasteiger partial charge in [0.1, 0.15) is 0 Å². The topological polar surface area (TPSA) is 52.6 Å². The van der Waals surface area contributed by atoms with Crippen LogP contribution >= 0.6 is 0 Å². The lowest BCUT2D eigenvalue weighted by molar-refractivity contribution is -0.145. The van der Waals surface area contributed by atoms with Crippen molar-refractivity contribution in [2.45, 2.75) is 136 Å². The van der Waals surface area contributed by atoms with E-state index in [1.165, 1.54) is 44.9 Å². The molecule has 0 N–H and O–H groups in total. The molecule has 0 bridgehead atoms. The third kappa shape index (κ3) is 21.6. The highest BCUT2D eigenvalue weighted by molar-refractivity contribution is 5.69. The summed E-state index contributed by atoms with van der Waals surface area (Å²) in [6.45, 7) is 7.73. The first-order valence-corrected chi connectivity index (χ1v) is 12.9. The van der Waals surface area contributed by atoms with Crippen molar-refractivity contribution in [2.24, 2.45) is 5.92 Å². The Bertz CT molecular complexity index is 394. The molecule has 0 heterocycles. The Morgan fingerprint density at radius 2 is 1.03 bits per heavy atom. The predicted molar refractivity (Wildman–Crippen MR) is 126 cm³/mol. The molecule has 0 fully saturated rings. The molecule has 0 amide bonds. The van der Waals surface area contributed by atoms with Crippen LogP contribution in [-0.4, -0.2) is 25.2 Å². The van der Waals surface area contributed by atoms with Crippen molar-refractivity contribution in [2.75, 3.05) is 13.2 Å². The van der Waals surface area contributed by atoms with Gasteiger partial charge in [0, 0.05) is 12.8 Å². The first-order valence-electron chi connectivity index (χ1n) is 12.9. The van der Waals surface area contributed by atoms with E-state index in [-0.39, 0.29) is 11.9 Å². The number of carbonyl (C=O) groups is 2. The summed E-state index contributed by atoms with van der Waals surface area (Å²) in [5, 5.41) is 0. The lowest BCUT2D eigenvalue weighted by Gasteiger charge is -2.09. The van der Waals surface area contributed by atoms with Crippen LogP contribution in [0.1, 0.15) is 136 Å². The lowest BCUT2D eigenvalue weighted by Crippen LogP contribution is -2.08. The van der Waals surface area contributed by atoms with Gasteiger partial charge in [0.2, 0.25) is 0 Å². The minimum Gasteiger partial charge on any atom is -0.466 e. The third-order valence-electron chi connectivity index (χ3n) is 5.84. The molecule has 0 aromatic heterocycles. The number of carbonyl (C=O) groups excluding carboxylic acids is 2. The zero-order valence-electron chi connectivity index (χ0n) is 20.4. The fourth-order valence-electron chi connectivity index (χ4n) is 3.39. The first kappa shape index (κ1) is 28.9. The molecule has 0 spiro atoms. The van der Waals surface area contributed by atoms with Crippen molar-refractivity contribution >= 4 is 11.9 Å². The van der Waals surface area contributed by atoms with E-state index in [1.807, 2.05) is 0 Å². The van der Waals surface area contributed by atoms with E-state index in [2.05, 4.69) is 20.8 Å². The number of esters is 2. The average Bonchev–Trinajstić information content (AvgIpc) is 2.74. The highest BCUT2D eigenvalue weighted by Crippen LogP contribution is 2.11. The smallest absolute Gasteiger partial charge is 0.305 e. The van der Waals surface area contributed by atoms with Crippen molar-refractivity contribution < 1.29 is 19.1 Å². The van der Waals surface area contributed by atoms with Crippen molar-refractivity contribution in [3.8, 4) is 0 Å². The molecule has 0 rings (SSSR count). The standard InChI is InChI=1S/C26H50O4/c1-4-6-7-8-9-12-15-18-22-29-25(27)19-16-13-10-11-14-17-20-26(28)30-23-21-24(3)5-2/h24H,4-23H2,1-3H3. The van der Waals surface area contributed by atoms with Gasteiger partial charge in [0.05, 0.1) is 13.2 Å². The van der Waals surface area contributed by atoms with Crippen molar-refractivity contribution in [3.05, 3.63) is 0 Å². The Balaban J connectivity index is 3.28. The van der Waals surface area contributed by atoms with E-state index >= 15 is 0 Å². The van der Waals surface area contributed by atoms with Gasteiger partial charge in [-0.1, -0.05) is 97.8 Å². The second-order valence-corrected chi connectivity index (χ2v) is 8.84. The highest BCUT2D eigenvalue weighted by atomic mass is 16.5. The molecule has 0 aliphatic carbocycles. The second-order valence-electron chi connectivity index (χ2n) is 8.84. The summed E-state index contributed by atoms with van der Waals surface area (Å²) in [6.07, 6.45) is 19.4. The van der Waals surface area contributed by atoms with Gasteiger partial charge >= 0.3 is 11.9 Å². The number of ether oxygens (including phenoxy) is 2. The fourth-order valence-corrected chi connectivity index (χ4v) is 3.39. The number of rotatable bonds is 22. The Labute approximate surface area is 186 Å². The summed E-state index contributed by atoms with van der Waals surface area (Å²) < 4.78 is 10.6. The van der Waals surface area contributed by atoms with Gasteiger partial charge in [-0.2, -0.15) is 0 Å². The van der Waals surface area contributed by atoms with Gasteiger partial charge in [0.15, 0.2) is 0 Å². The molecule has 1 atom stereocenters. The second kappa shape index (κ2) is 22.6. The molecule has 0 saturated carbocycles. The maximum absolute atomic E-state index is 11.7. The van der Waals surface area contributed by atoms with Crippen LogP contribution in [0.3, 0.4) is 0 Å². The van der Waals surface area contributed by atoms with Crippen molar-refractivity contribution in [1.29, 1.82) is 0 Å². The van der Waals surface area contributed by atoms with E-state index in [4.69, 9.17) is 9.47 Å². The van der Waals surface area contributed by atoms with E-state index in [9.17, 15) is 9.59 Å². The summed E-state index contributed by atoms with van der Waals surface area (Å²) in [5.74, 6) is 0.524. The van der Waals surface area contributed by atoms with E-state index < -0.39 is 0 Å². The van der Waals surface area contributed by atoms with Gasteiger partial charge in [0.25, 0.3) is 0 Å². The van der Waals surface area contributed by atoms with Crippen LogP contribution in [0.15, 0.2) is 0 Å². The summed E-state index contributed by atoms with van der Waals surface area (Å²) in [5.41, 5.74) is 0. The minimum atomic E-state index is -0.0578. The Morgan fingerprint density at radius 3 is 1.53 bits per heavy atom. The molecule has 0 aromatic rings. The lowest BCUT2D eigenvalue weighted by atomic mass is 10.1. The maximum Gasteiger partial charge on any atom is 0.305 e. The first-order chi connectivity index (χ1) is 14.6. The largest absolute Gasteiger partial charge is 0.466 e. The number of unbranched alkanes of at least 4 members (excludes halogenated alkanes) is 12. The van der Waals surface area contributed by atoms with Crippen LogP contribution in [0, 0.1) is 5.92 Å². The van der Waals surface area contributed by atoms with Crippen LogP contribution in [0.4, 0.5) is 0 Å². The van der Waals surface area contributed by atoms with Crippen molar-refractivity contribution in [1.82, 2.24) is 0 Å². The van der Waals surface area contributed by atoms with E-state index in [0.29, 0.717) is 32.0 Å². The summed E-state index contributed by atoms with van der Waals surface area (Å²) in [7, 11) is 0. The Hall–Kier alpha value is -1.06. The van der Waals surface area contributed by atoms with Crippen LogP contribution in [0.5, 0.6) is 0 Å². The zero-order valence-corrected chi connectivity index (χ0v) is 20.4. The predicted octanol–water partition coefficient (Wildman–Crippen LogP) is 7.77. The molecule has 0 aliphatic heterocycles. The van der Waals surface area contributed by atoms with E-state index in [1.54, 1.807) is 0 Å². The summed E-state index contributed by atoms with van der Waals surface area (Å²) in [4.78, 5) is 23.4. The van der Waals surface area contributed by atoms with E-state index in [0.717, 1.165) is 57.8 Å². The van der Waals surface area contributed by atoms with Crippen LogP contribution in [0.2, 0.25) is 0 Å². The molecule has 1 unspecified atom stereocenters. The van der Waals surface area contributed by atoms with Gasteiger partial charge < -0.3 is 9.47 Å². The quantitative estimate of drug-likeness (QED) is 0.131. The fraction of sp³-hybridized carbons (Fsp3) is 0.923. The maximum atomic E-state index is 11.7. The zero-order chi connectivity index (χ0) is 22.3. The molecule has 0 saturated heterocycles. The molecule has 178 valence electrons. The molecule has 0 aliphatic rings. The molecule has 0 aromatic carbocycles. The van der Waals surface area contributed by atoms with Crippen LogP contribution in [-0.2, 0) is 19.1 Å². The van der Waals surface area contributed by atoms with Gasteiger partial charge in [-0.3, -0.25) is 9.59 Å². The molecule has 30 heavy (non-hydrogen) atoms. The average molecular weight is 427 g/mol. The number of hydrogen-bond acceptors (Lipinski definition) is 4. The third-order valence-corrected chi connectivity index (χ3v) is 5.84. The Morgan fingerprint density at radius 1 is 0.600 bits per heavy atom. The molecule has 4 heteroatoms. The monoisotopic (exact) mass is 426 g/mol. The van der Waals surface area contributed by atoms with Gasteiger partial charge in [-0.05, 0) is 31.6 Å². The molecular weight excluding hydrogens is 376 g/mol. The minimum absolute atomic E-state index is 0.0434. The molecule has 0 radical (unpaired) electrons. The van der Waals surface area contributed by atoms with Crippen molar-refractivity contribution in [3.63, 3.8) is 0 Å². The Kier molecular flexibility index (Phi) is 21.8. The summed E-state index contributed by atoms with van der Waals surface area (Å²) >= 11 is 0. The molecule has 4 nitrogen and oxygen atoms in total. The highest BCUT2D eigenvalue weighted by Gasteiger charge is 2.05. The van der Waals surface area contributed by atoms with Gasteiger partial charge in [-0.15, -0.1) is 0 Å². The normalized spacial score (nSPS) is 12.0. The SMILES string of the molecule is CCCCCCCCCCOC(=O)CCCCCCCCC(=O)OCCC(C)CC. The number of hydrogen-bond donors (Lipinski definition) is 0. The van der Waals surface area contributed by atoms with Crippen LogP contribution in [0.25, 0.3) is 0 Å².